The Kier molecular flexibility index (Phi) is 4.34. The number of thioether (sulfide) groups is 1. The fourth-order valence-electron chi connectivity index (χ4n) is 5.23. The van der Waals surface area contributed by atoms with Crippen LogP contribution in [-0.2, 0) is 6.54 Å². The topological polar surface area (TPSA) is 36.3 Å². The summed E-state index contributed by atoms with van der Waals surface area (Å²) in [6, 6.07) is 6.05. The first-order valence-electron chi connectivity index (χ1n) is 10.7. The van der Waals surface area contributed by atoms with Gasteiger partial charge in [0.1, 0.15) is 15.9 Å². The summed E-state index contributed by atoms with van der Waals surface area (Å²) >= 11 is 3.65. The number of aromatic nitrogens is 2. The maximum atomic E-state index is 14.6. The van der Waals surface area contributed by atoms with Crippen LogP contribution in [0.25, 0.3) is 10.9 Å². The van der Waals surface area contributed by atoms with Gasteiger partial charge in [-0.25, -0.2) is 4.39 Å². The predicted molar refractivity (Wildman–Crippen MR) is 123 cm³/mol. The van der Waals surface area contributed by atoms with Gasteiger partial charge in [0.05, 0.1) is 10.5 Å². The van der Waals surface area contributed by atoms with Crippen LogP contribution in [0, 0.1) is 5.82 Å². The average Bonchev–Trinajstić information content (AvgIpc) is 3.40. The van der Waals surface area contributed by atoms with Crippen LogP contribution in [0.5, 0.6) is 0 Å². The molecule has 3 aliphatic heterocycles. The second kappa shape index (κ2) is 6.87. The van der Waals surface area contributed by atoms with Crippen LogP contribution in [0.3, 0.4) is 0 Å². The van der Waals surface area contributed by atoms with Crippen LogP contribution in [0.4, 0.5) is 14.4 Å². The Morgan fingerprint density at radius 1 is 1.27 bits per heavy atom. The van der Waals surface area contributed by atoms with E-state index in [9.17, 15) is 4.39 Å². The summed E-state index contributed by atoms with van der Waals surface area (Å²) in [5.41, 5.74) is 1.77. The largest absolute Gasteiger partial charge is 0.360 e. The van der Waals surface area contributed by atoms with Crippen LogP contribution in [0.1, 0.15) is 37.1 Å². The van der Waals surface area contributed by atoms with Crippen molar-refractivity contribution in [1.82, 2.24) is 14.7 Å². The van der Waals surface area contributed by atoms with E-state index in [0.717, 1.165) is 24.0 Å². The molecular formula is C22H26FN5S2. The van der Waals surface area contributed by atoms with Crippen LogP contribution in [-0.4, -0.2) is 46.9 Å². The van der Waals surface area contributed by atoms with E-state index >= 15 is 0 Å². The normalized spacial score (nSPS) is 26.2. The maximum Gasteiger partial charge on any atom is 0.151 e. The van der Waals surface area contributed by atoms with Crippen LogP contribution in [0.15, 0.2) is 29.3 Å². The van der Waals surface area contributed by atoms with Gasteiger partial charge < -0.3 is 15.1 Å². The van der Waals surface area contributed by atoms with Gasteiger partial charge in [-0.1, -0.05) is 23.1 Å². The van der Waals surface area contributed by atoms with E-state index in [1.807, 2.05) is 24.5 Å². The van der Waals surface area contributed by atoms with Gasteiger partial charge in [0, 0.05) is 36.1 Å². The first-order valence-corrected chi connectivity index (χ1v) is 12.4. The summed E-state index contributed by atoms with van der Waals surface area (Å²) in [4.78, 5) is 6.40. The first-order chi connectivity index (χ1) is 14.5. The molecule has 1 aromatic carbocycles. The summed E-state index contributed by atoms with van der Waals surface area (Å²) in [6.07, 6.45) is 5.82. The van der Waals surface area contributed by atoms with Crippen molar-refractivity contribution in [3.8, 4) is 0 Å². The molecule has 158 valence electrons. The number of thiophene rings is 1. The SMILES string of the molecule is CCn1cc2cc(C3Nc4sc(N5CCC56CCCN(C)C6)cc4S3)cc(F)c2n1. The van der Waals surface area contributed by atoms with E-state index in [1.54, 1.807) is 22.5 Å². The van der Waals surface area contributed by atoms with Crippen molar-refractivity contribution >= 4 is 44.0 Å². The standard InChI is InChI=1S/C22H26FN5S2/c1-3-27-12-15-9-14(10-16(23)19(15)25-27)20-24-21-17(29-20)11-18(30-21)28-8-6-22(28)5-4-7-26(2)13-22/h9-12,20,24H,3-8,13H2,1-2H3. The molecule has 0 bridgehead atoms. The highest BCUT2D eigenvalue weighted by atomic mass is 32.2. The van der Waals surface area contributed by atoms with Crippen molar-refractivity contribution in [2.24, 2.45) is 0 Å². The molecule has 0 aliphatic carbocycles. The van der Waals surface area contributed by atoms with Crippen molar-refractivity contribution in [2.75, 3.05) is 36.9 Å². The molecule has 3 aromatic rings. The molecule has 2 unspecified atom stereocenters. The average molecular weight is 444 g/mol. The van der Waals surface area contributed by atoms with Gasteiger partial charge in [0.2, 0.25) is 0 Å². The molecule has 0 radical (unpaired) electrons. The highest BCUT2D eigenvalue weighted by Gasteiger charge is 2.47. The molecule has 5 nitrogen and oxygen atoms in total. The Labute approximate surface area is 184 Å². The number of aryl methyl sites for hydroxylation is 1. The van der Waals surface area contributed by atoms with E-state index in [1.165, 1.54) is 47.2 Å². The number of hydrogen-bond acceptors (Lipinski definition) is 6. The molecule has 1 spiro atoms. The van der Waals surface area contributed by atoms with Crippen LogP contribution < -0.4 is 10.2 Å². The molecule has 6 rings (SSSR count). The molecule has 3 aliphatic rings. The van der Waals surface area contributed by atoms with Crippen molar-refractivity contribution in [1.29, 1.82) is 0 Å². The van der Waals surface area contributed by atoms with Gasteiger partial charge in [-0.05, 0) is 63.5 Å². The molecule has 5 heterocycles. The Hall–Kier alpha value is -1.77. The molecule has 8 heteroatoms. The lowest BCUT2D eigenvalue weighted by atomic mass is 9.78. The van der Waals surface area contributed by atoms with Gasteiger partial charge >= 0.3 is 0 Å². The third-order valence-corrected chi connectivity index (χ3v) is 9.26. The maximum absolute atomic E-state index is 14.6. The van der Waals surface area contributed by atoms with Crippen molar-refractivity contribution in [2.45, 2.75) is 48.5 Å². The number of benzene rings is 1. The smallest absolute Gasteiger partial charge is 0.151 e. The number of hydrogen-bond donors (Lipinski definition) is 1. The van der Waals surface area contributed by atoms with Gasteiger partial charge in [0.15, 0.2) is 5.82 Å². The lowest BCUT2D eigenvalue weighted by Gasteiger charge is -2.57. The van der Waals surface area contributed by atoms with Crippen LogP contribution in [0.2, 0.25) is 0 Å². The van der Waals surface area contributed by atoms with Gasteiger partial charge in [-0.3, -0.25) is 4.68 Å². The third kappa shape index (κ3) is 2.87. The second-order valence-corrected chi connectivity index (χ2v) is 11.0. The molecule has 2 atom stereocenters. The summed E-state index contributed by atoms with van der Waals surface area (Å²) < 4.78 is 16.4. The number of nitrogens with one attached hydrogen (secondary N) is 1. The fourth-order valence-corrected chi connectivity index (χ4v) is 7.82. The molecule has 2 saturated heterocycles. The first kappa shape index (κ1) is 19.0. The van der Waals surface area contributed by atoms with E-state index < -0.39 is 0 Å². The number of nitrogens with zero attached hydrogens (tertiary/aromatic N) is 4. The highest BCUT2D eigenvalue weighted by Crippen LogP contribution is 2.55. The van der Waals surface area contributed by atoms with E-state index in [0.29, 0.717) is 11.1 Å². The van der Waals surface area contributed by atoms with Crippen molar-refractivity contribution in [3.63, 3.8) is 0 Å². The molecule has 2 fully saturated rings. The minimum atomic E-state index is -0.239. The van der Waals surface area contributed by atoms with E-state index in [2.05, 4.69) is 39.4 Å². The quantitative estimate of drug-likeness (QED) is 0.606. The van der Waals surface area contributed by atoms with Crippen LogP contribution >= 0.6 is 23.1 Å². The third-order valence-electron chi connectivity index (χ3n) is 6.84. The monoisotopic (exact) mass is 443 g/mol. The number of fused-ring (bicyclic) bond motifs is 2. The Bertz CT molecular complexity index is 1100. The minimum absolute atomic E-state index is 0.0512. The Balaban J connectivity index is 1.23. The molecule has 1 N–H and O–H groups in total. The highest BCUT2D eigenvalue weighted by molar-refractivity contribution is 8.00. The van der Waals surface area contributed by atoms with E-state index in [-0.39, 0.29) is 11.2 Å². The number of rotatable bonds is 3. The number of likely N-dealkylation sites (tertiary alicyclic amines) is 1. The van der Waals surface area contributed by atoms with Gasteiger partial charge in [-0.2, -0.15) is 5.10 Å². The molecule has 2 aromatic heterocycles. The summed E-state index contributed by atoms with van der Waals surface area (Å²) in [5.74, 6) is -0.239. The predicted octanol–water partition coefficient (Wildman–Crippen LogP) is 5.15. The number of halogens is 1. The molecule has 0 saturated carbocycles. The molecule has 30 heavy (non-hydrogen) atoms. The minimum Gasteiger partial charge on any atom is -0.360 e. The molecule has 0 amide bonds. The Morgan fingerprint density at radius 3 is 2.90 bits per heavy atom. The van der Waals surface area contributed by atoms with Crippen molar-refractivity contribution < 1.29 is 4.39 Å². The zero-order valence-electron chi connectivity index (χ0n) is 17.3. The van der Waals surface area contributed by atoms with Crippen molar-refractivity contribution in [3.05, 3.63) is 35.8 Å². The van der Waals surface area contributed by atoms with Gasteiger partial charge in [-0.15, -0.1) is 0 Å². The van der Waals surface area contributed by atoms with E-state index in [4.69, 9.17) is 0 Å². The zero-order chi connectivity index (χ0) is 20.5. The number of piperidine rings is 1. The molecular weight excluding hydrogens is 417 g/mol. The number of anilines is 2. The summed E-state index contributed by atoms with van der Waals surface area (Å²) in [7, 11) is 2.24. The Morgan fingerprint density at radius 2 is 2.17 bits per heavy atom. The summed E-state index contributed by atoms with van der Waals surface area (Å²) in [6.45, 7) is 6.30. The number of likely N-dealkylation sites (N-methyl/N-ethyl adjacent to an activating group) is 1. The second-order valence-electron chi connectivity index (χ2n) is 8.81. The fraction of sp³-hybridized carbons (Fsp3) is 0.500. The summed E-state index contributed by atoms with van der Waals surface area (Å²) in [5, 5.41) is 11.5. The zero-order valence-corrected chi connectivity index (χ0v) is 19.0. The lowest BCUT2D eigenvalue weighted by molar-refractivity contribution is 0.124. The lowest BCUT2D eigenvalue weighted by Crippen LogP contribution is -2.66. The van der Waals surface area contributed by atoms with Gasteiger partial charge in [0.25, 0.3) is 0 Å².